The Morgan fingerprint density at radius 3 is 2.35 bits per heavy atom. The van der Waals surface area contributed by atoms with Crippen molar-refractivity contribution in [2.75, 3.05) is 26.7 Å². The molecular weight excluding hydrogens is 317 g/mol. The lowest BCUT2D eigenvalue weighted by Gasteiger charge is -2.30. The number of esters is 1. The highest BCUT2D eigenvalue weighted by molar-refractivity contribution is 5.83. The summed E-state index contributed by atoms with van der Waals surface area (Å²) < 4.78 is 50.7. The van der Waals surface area contributed by atoms with Gasteiger partial charge in [-0.1, -0.05) is 0 Å². The number of nitrogens with one attached hydrogen (secondary N) is 1. The number of likely N-dealkylation sites (tertiary alicyclic amines) is 1. The van der Waals surface area contributed by atoms with Crippen LogP contribution in [0.15, 0.2) is 0 Å². The Labute approximate surface area is 132 Å². The second-order valence-corrected chi connectivity index (χ2v) is 6.97. The van der Waals surface area contributed by atoms with Crippen molar-refractivity contribution in [3.63, 3.8) is 0 Å². The first-order valence-electron chi connectivity index (χ1n) is 7.28. The van der Waals surface area contributed by atoms with Crippen molar-refractivity contribution >= 4 is 12.1 Å². The number of amides is 1. The lowest BCUT2D eigenvalue weighted by molar-refractivity contribution is -0.221. The van der Waals surface area contributed by atoms with Gasteiger partial charge in [-0.15, -0.1) is 0 Å². The molecule has 0 unspecified atom stereocenters. The average Bonchev–Trinajstić information content (AvgIpc) is 2.91. The average molecular weight is 338 g/mol. The van der Waals surface area contributed by atoms with Crippen LogP contribution in [0, 0.1) is 11.3 Å². The van der Waals surface area contributed by atoms with Crippen LogP contribution in [0.5, 0.6) is 0 Å². The first-order valence-corrected chi connectivity index (χ1v) is 7.28. The molecule has 132 valence electrons. The Morgan fingerprint density at radius 1 is 1.26 bits per heavy atom. The van der Waals surface area contributed by atoms with E-state index >= 15 is 0 Å². The lowest BCUT2D eigenvalue weighted by atomic mass is 9.77. The second kappa shape index (κ2) is 5.54. The fourth-order valence-electron chi connectivity index (χ4n) is 3.29. The Bertz CT molecular complexity index is 503. The van der Waals surface area contributed by atoms with E-state index in [0.29, 0.717) is 0 Å². The summed E-state index contributed by atoms with van der Waals surface area (Å²) >= 11 is 0. The van der Waals surface area contributed by atoms with Gasteiger partial charge in [0.05, 0.1) is 7.11 Å². The van der Waals surface area contributed by atoms with E-state index in [-0.39, 0.29) is 13.1 Å². The smallest absolute Gasteiger partial charge is 0.411 e. The Kier molecular flexibility index (Phi) is 4.29. The summed E-state index contributed by atoms with van der Waals surface area (Å²) in [6.07, 6.45) is -5.49. The minimum absolute atomic E-state index is 0.0153. The maximum absolute atomic E-state index is 13.7. The number of rotatable bonds is 1. The van der Waals surface area contributed by atoms with Gasteiger partial charge in [-0.25, -0.2) is 9.59 Å². The highest BCUT2D eigenvalue weighted by Gasteiger charge is 2.70. The van der Waals surface area contributed by atoms with Crippen molar-refractivity contribution in [3.8, 4) is 0 Å². The monoisotopic (exact) mass is 338 g/mol. The molecule has 0 saturated carbocycles. The molecule has 0 aromatic heterocycles. The van der Waals surface area contributed by atoms with E-state index in [1.54, 1.807) is 20.8 Å². The summed E-state index contributed by atoms with van der Waals surface area (Å²) in [5, 5.41) is 2.68. The second-order valence-electron chi connectivity index (χ2n) is 6.97. The van der Waals surface area contributed by atoms with Gasteiger partial charge in [0.2, 0.25) is 0 Å². The molecule has 0 aromatic rings. The maximum atomic E-state index is 13.7. The molecule has 2 fully saturated rings. The van der Waals surface area contributed by atoms with Crippen molar-refractivity contribution < 1.29 is 32.2 Å². The van der Waals surface area contributed by atoms with Gasteiger partial charge >= 0.3 is 18.2 Å². The van der Waals surface area contributed by atoms with Crippen LogP contribution in [0.1, 0.15) is 20.8 Å². The minimum Gasteiger partial charge on any atom is -0.467 e. The Hall–Kier alpha value is -1.51. The third-order valence-electron chi connectivity index (χ3n) is 4.32. The van der Waals surface area contributed by atoms with Crippen molar-refractivity contribution in [2.45, 2.75) is 38.6 Å². The molecule has 23 heavy (non-hydrogen) atoms. The largest absolute Gasteiger partial charge is 0.467 e. The number of hydrogen-bond donors (Lipinski definition) is 1. The molecule has 2 aliphatic heterocycles. The summed E-state index contributed by atoms with van der Waals surface area (Å²) in [6.45, 7) is 3.84. The Morgan fingerprint density at radius 2 is 1.87 bits per heavy atom. The third kappa shape index (κ3) is 2.98. The predicted octanol–water partition coefficient (Wildman–Crippen LogP) is 1.55. The molecule has 0 aliphatic carbocycles. The van der Waals surface area contributed by atoms with E-state index in [4.69, 9.17) is 4.74 Å². The Balaban J connectivity index is 2.38. The topological polar surface area (TPSA) is 67.9 Å². The van der Waals surface area contributed by atoms with Gasteiger partial charge in [0.25, 0.3) is 0 Å². The SMILES string of the molecule is COC(=O)[C@@H]1[C@H]2CNC[C@@]2(C(F)(F)F)CN1C(=O)OC(C)(C)C. The number of carbonyl (C=O) groups excluding carboxylic acids is 2. The third-order valence-corrected chi connectivity index (χ3v) is 4.32. The van der Waals surface area contributed by atoms with Gasteiger partial charge in [-0.2, -0.15) is 13.2 Å². The first-order chi connectivity index (χ1) is 10.4. The molecule has 0 aromatic carbocycles. The molecule has 1 N–H and O–H groups in total. The molecule has 2 rings (SSSR count). The van der Waals surface area contributed by atoms with E-state index in [0.717, 1.165) is 12.0 Å². The molecule has 1 amide bonds. The van der Waals surface area contributed by atoms with E-state index < -0.39 is 47.8 Å². The molecule has 6 nitrogen and oxygen atoms in total. The zero-order chi connectivity index (χ0) is 17.6. The molecule has 0 spiro atoms. The number of alkyl halides is 3. The first kappa shape index (κ1) is 17.8. The van der Waals surface area contributed by atoms with Crippen LogP contribution in [-0.2, 0) is 14.3 Å². The molecule has 2 heterocycles. The number of carbonyl (C=O) groups is 2. The summed E-state index contributed by atoms with van der Waals surface area (Å²) in [5.74, 6) is -1.96. The number of nitrogens with zero attached hydrogens (tertiary/aromatic N) is 1. The fourth-order valence-corrected chi connectivity index (χ4v) is 3.29. The quantitative estimate of drug-likeness (QED) is 0.735. The van der Waals surface area contributed by atoms with Crippen LogP contribution in [0.3, 0.4) is 0 Å². The van der Waals surface area contributed by atoms with Crippen LogP contribution < -0.4 is 5.32 Å². The summed E-state index contributed by atoms with van der Waals surface area (Å²) in [5.41, 5.74) is -3.04. The van der Waals surface area contributed by atoms with E-state index in [9.17, 15) is 22.8 Å². The van der Waals surface area contributed by atoms with Crippen LogP contribution in [0.4, 0.5) is 18.0 Å². The van der Waals surface area contributed by atoms with Gasteiger partial charge < -0.3 is 14.8 Å². The van der Waals surface area contributed by atoms with Crippen molar-refractivity contribution in [1.29, 1.82) is 0 Å². The highest BCUT2D eigenvalue weighted by Crippen LogP contribution is 2.53. The van der Waals surface area contributed by atoms with E-state index in [1.807, 2.05) is 0 Å². The number of hydrogen-bond acceptors (Lipinski definition) is 5. The lowest BCUT2D eigenvalue weighted by Crippen LogP contribution is -2.47. The number of halogens is 3. The van der Waals surface area contributed by atoms with Gasteiger partial charge in [0.1, 0.15) is 17.1 Å². The standard InChI is InChI=1S/C14H21F3N2O4/c1-12(2,3)23-11(21)19-7-13(14(15,16)17)6-18-5-8(13)9(19)10(20)22-4/h8-9,18H,5-7H2,1-4H3/t8-,9+,13-/m1/s1. The maximum Gasteiger partial charge on any atom is 0.411 e. The van der Waals surface area contributed by atoms with Gasteiger partial charge in [0.15, 0.2) is 0 Å². The van der Waals surface area contributed by atoms with Gasteiger partial charge in [-0.3, -0.25) is 4.90 Å². The van der Waals surface area contributed by atoms with Crippen LogP contribution in [-0.4, -0.2) is 61.5 Å². The molecule has 0 radical (unpaired) electrons. The minimum atomic E-state index is -4.55. The fraction of sp³-hybridized carbons (Fsp3) is 0.857. The van der Waals surface area contributed by atoms with Crippen molar-refractivity contribution in [3.05, 3.63) is 0 Å². The number of methoxy groups -OCH3 is 1. The van der Waals surface area contributed by atoms with E-state index in [1.165, 1.54) is 0 Å². The molecule has 9 heteroatoms. The molecular formula is C14H21F3N2O4. The number of ether oxygens (including phenoxy) is 2. The zero-order valence-electron chi connectivity index (χ0n) is 13.5. The molecule has 3 atom stereocenters. The summed E-state index contributed by atoms with van der Waals surface area (Å²) in [7, 11) is 1.09. The molecule has 2 saturated heterocycles. The van der Waals surface area contributed by atoms with Crippen LogP contribution in [0.25, 0.3) is 0 Å². The molecule has 0 bridgehead atoms. The number of fused-ring (bicyclic) bond motifs is 1. The van der Waals surface area contributed by atoms with E-state index in [2.05, 4.69) is 10.1 Å². The van der Waals surface area contributed by atoms with Crippen molar-refractivity contribution in [2.24, 2.45) is 11.3 Å². The van der Waals surface area contributed by atoms with Gasteiger partial charge in [-0.05, 0) is 20.8 Å². The zero-order valence-corrected chi connectivity index (χ0v) is 13.5. The van der Waals surface area contributed by atoms with Crippen LogP contribution >= 0.6 is 0 Å². The van der Waals surface area contributed by atoms with Crippen LogP contribution in [0.2, 0.25) is 0 Å². The highest BCUT2D eigenvalue weighted by atomic mass is 19.4. The summed E-state index contributed by atoms with van der Waals surface area (Å²) in [6, 6.07) is -1.31. The molecule has 2 aliphatic rings. The normalized spacial score (nSPS) is 31.0. The van der Waals surface area contributed by atoms with Gasteiger partial charge in [0, 0.05) is 25.6 Å². The predicted molar refractivity (Wildman–Crippen MR) is 73.6 cm³/mol. The summed E-state index contributed by atoms with van der Waals surface area (Å²) in [4.78, 5) is 25.2. The van der Waals surface area contributed by atoms with Crippen molar-refractivity contribution in [1.82, 2.24) is 10.2 Å².